The molecule has 0 amide bonds. The average molecular weight is 251 g/mol. The molecule has 0 aliphatic rings. The third-order valence-corrected chi connectivity index (χ3v) is 2.53. The van der Waals surface area contributed by atoms with Gasteiger partial charge in [0.15, 0.2) is 0 Å². The summed E-state index contributed by atoms with van der Waals surface area (Å²) in [5.41, 5.74) is 6.54. The minimum absolute atomic E-state index is 0.253. The van der Waals surface area contributed by atoms with Gasteiger partial charge in [0.05, 0.1) is 6.61 Å². The summed E-state index contributed by atoms with van der Waals surface area (Å²) in [6, 6.07) is 8.46. The van der Waals surface area contributed by atoms with Gasteiger partial charge in [-0.15, -0.1) is 0 Å². The van der Waals surface area contributed by atoms with Crippen molar-refractivity contribution in [3.8, 4) is 0 Å². The number of hydrogen-bond donors (Lipinski definition) is 1. The van der Waals surface area contributed by atoms with E-state index in [-0.39, 0.29) is 6.61 Å². The lowest BCUT2D eigenvalue weighted by Gasteiger charge is -2.11. The van der Waals surface area contributed by atoms with Gasteiger partial charge in [0.2, 0.25) is 0 Å². The van der Waals surface area contributed by atoms with E-state index in [0.29, 0.717) is 13.2 Å². The van der Waals surface area contributed by atoms with E-state index >= 15 is 0 Å². The first-order chi connectivity index (χ1) is 8.75. The molecule has 0 bridgehead atoms. The smallest absolute Gasteiger partial charge is 0.327 e. The largest absolute Gasteiger partial charge is 0.462 e. The van der Waals surface area contributed by atoms with Gasteiger partial charge >= 0.3 is 5.97 Å². The first-order valence-corrected chi connectivity index (χ1v) is 6.30. The standard InChI is InChI=1S/C14H21NO3/c1-2-3-9-17-10-11-18-14(16)13(15)12-7-5-4-6-8-12/h4-8,13H,2-3,9-11,15H2,1H3/t13-/m0/s1. The molecule has 4 heteroatoms. The zero-order valence-electron chi connectivity index (χ0n) is 10.8. The Hall–Kier alpha value is -1.39. The second kappa shape index (κ2) is 8.66. The van der Waals surface area contributed by atoms with Crippen LogP contribution in [0.2, 0.25) is 0 Å². The van der Waals surface area contributed by atoms with Crippen LogP contribution in [0.4, 0.5) is 0 Å². The molecule has 100 valence electrons. The number of nitrogens with two attached hydrogens (primary N) is 1. The minimum atomic E-state index is -0.721. The number of carbonyl (C=O) groups is 1. The van der Waals surface area contributed by atoms with Crippen LogP contribution >= 0.6 is 0 Å². The molecule has 0 aliphatic carbocycles. The zero-order valence-corrected chi connectivity index (χ0v) is 10.8. The Morgan fingerprint density at radius 1 is 1.22 bits per heavy atom. The fourth-order valence-electron chi connectivity index (χ4n) is 1.44. The van der Waals surface area contributed by atoms with Crippen LogP contribution in [0.5, 0.6) is 0 Å². The molecule has 0 aromatic heterocycles. The van der Waals surface area contributed by atoms with Gasteiger partial charge in [0.1, 0.15) is 12.6 Å². The van der Waals surface area contributed by atoms with E-state index in [9.17, 15) is 4.79 Å². The summed E-state index contributed by atoms with van der Waals surface area (Å²) in [7, 11) is 0. The Labute approximate surface area is 108 Å². The molecule has 1 atom stereocenters. The van der Waals surface area contributed by atoms with E-state index < -0.39 is 12.0 Å². The van der Waals surface area contributed by atoms with Crippen LogP contribution in [0.3, 0.4) is 0 Å². The maximum atomic E-state index is 11.6. The Balaban J connectivity index is 2.20. The molecule has 0 heterocycles. The summed E-state index contributed by atoms with van der Waals surface area (Å²) in [5, 5.41) is 0. The first kappa shape index (κ1) is 14.7. The van der Waals surface area contributed by atoms with Gasteiger partial charge < -0.3 is 15.2 Å². The van der Waals surface area contributed by atoms with E-state index in [0.717, 1.165) is 18.4 Å². The molecule has 4 nitrogen and oxygen atoms in total. The molecule has 1 aromatic rings. The molecule has 0 unspecified atom stereocenters. The second-order valence-corrected chi connectivity index (χ2v) is 4.02. The molecule has 0 radical (unpaired) electrons. The van der Waals surface area contributed by atoms with Crippen molar-refractivity contribution in [2.24, 2.45) is 5.73 Å². The second-order valence-electron chi connectivity index (χ2n) is 4.02. The highest BCUT2D eigenvalue weighted by molar-refractivity contribution is 5.77. The van der Waals surface area contributed by atoms with E-state index in [4.69, 9.17) is 15.2 Å². The van der Waals surface area contributed by atoms with Gasteiger partial charge in [-0.25, -0.2) is 4.79 Å². The summed E-state index contributed by atoms with van der Waals surface area (Å²) in [6.45, 7) is 3.48. The van der Waals surface area contributed by atoms with Gasteiger partial charge in [-0.3, -0.25) is 0 Å². The maximum Gasteiger partial charge on any atom is 0.327 e. The zero-order chi connectivity index (χ0) is 13.2. The van der Waals surface area contributed by atoms with Crippen molar-refractivity contribution in [3.63, 3.8) is 0 Å². The summed E-state index contributed by atoms with van der Waals surface area (Å²) >= 11 is 0. The van der Waals surface area contributed by atoms with Crippen LogP contribution in [0.1, 0.15) is 31.4 Å². The SMILES string of the molecule is CCCCOCCOC(=O)[C@@H](N)c1ccccc1. The van der Waals surface area contributed by atoms with Gasteiger partial charge in [-0.05, 0) is 12.0 Å². The van der Waals surface area contributed by atoms with Crippen molar-refractivity contribution >= 4 is 5.97 Å². The van der Waals surface area contributed by atoms with E-state index in [1.165, 1.54) is 0 Å². The number of benzene rings is 1. The van der Waals surface area contributed by atoms with Crippen LogP contribution < -0.4 is 5.73 Å². The minimum Gasteiger partial charge on any atom is -0.462 e. The number of ether oxygens (including phenoxy) is 2. The lowest BCUT2D eigenvalue weighted by molar-refractivity contribution is -0.146. The fraction of sp³-hybridized carbons (Fsp3) is 0.500. The molecular weight excluding hydrogens is 230 g/mol. The topological polar surface area (TPSA) is 61.5 Å². The average Bonchev–Trinajstić information content (AvgIpc) is 2.42. The predicted octanol–water partition coefficient (Wildman–Crippen LogP) is 2.05. The van der Waals surface area contributed by atoms with Crippen LogP contribution in [-0.2, 0) is 14.3 Å². The van der Waals surface area contributed by atoms with Gasteiger partial charge in [0, 0.05) is 6.61 Å². The van der Waals surface area contributed by atoms with Crippen LogP contribution in [-0.4, -0.2) is 25.8 Å². The Morgan fingerprint density at radius 2 is 1.94 bits per heavy atom. The molecule has 0 saturated carbocycles. The maximum absolute atomic E-state index is 11.6. The molecule has 2 N–H and O–H groups in total. The summed E-state index contributed by atoms with van der Waals surface area (Å²) in [5.74, 6) is -0.416. The summed E-state index contributed by atoms with van der Waals surface area (Å²) < 4.78 is 10.3. The first-order valence-electron chi connectivity index (χ1n) is 6.30. The highest BCUT2D eigenvalue weighted by Gasteiger charge is 2.16. The van der Waals surface area contributed by atoms with E-state index in [2.05, 4.69) is 6.92 Å². The number of carbonyl (C=O) groups excluding carboxylic acids is 1. The van der Waals surface area contributed by atoms with Gasteiger partial charge in [-0.2, -0.15) is 0 Å². The Kier molecular flexibility index (Phi) is 7.06. The lowest BCUT2D eigenvalue weighted by Crippen LogP contribution is -2.25. The van der Waals surface area contributed by atoms with Crippen LogP contribution in [0.25, 0.3) is 0 Å². The molecule has 0 fully saturated rings. The van der Waals surface area contributed by atoms with Crippen molar-refractivity contribution in [2.45, 2.75) is 25.8 Å². The molecule has 18 heavy (non-hydrogen) atoms. The molecule has 0 spiro atoms. The molecule has 1 aromatic carbocycles. The normalized spacial score (nSPS) is 12.1. The van der Waals surface area contributed by atoms with Crippen molar-refractivity contribution in [2.75, 3.05) is 19.8 Å². The number of rotatable bonds is 8. The van der Waals surface area contributed by atoms with E-state index in [1.807, 2.05) is 30.3 Å². The Bertz CT molecular complexity index is 340. The fourth-order valence-corrected chi connectivity index (χ4v) is 1.44. The lowest BCUT2D eigenvalue weighted by atomic mass is 10.1. The Morgan fingerprint density at radius 3 is 2.61 bits per heavy atom. The third-order valence-electron chi connectivity index (χ3n) is 2.53. The van der Waals surface area contributed by atoms with Crippen molar-refractivity contribution in [1.29, 1.82) is 0 Å². The number of hydrogen-bond acceptors (Lipinski definition) is 4. The van der Waals surface area contributed by atoms with Crippen molar-refractivity contribution < 1.29 is 14.3 Å². The molecular formula is C14H21NO3. The van der Waals surface area contributed by atoms with Crippen molar-refractivity contribution in [1.82, 2.24) is 0 Å². The quantitative estimate of drug-likeness (QED) is 0.567. The highest BCUT2D eigenvalue weighted by atomic mass is 16.6. The summed E-state index contributed by atoms with van der Waals surface area (Å²) in [4.78, 5) is 11.6. The monoisotopic (exact) mass is 251 g/mol. The van der Waals surface area contributed by atoms with Crippen LogP contribution in [0.15, 0.2) is 30.3 Å². The van der Waals surface area contributed by atoms with Gasteiger partial charge in [-0.1, -0.05) is 43.7 Å². The van der Waals surface area contributed by atoms with E-state index in [1.54, 1.807) is 0 Å². The number of unbranched alkanes of at least 4 members (excludes halogenated alkanes) is 1. The predicted molar refractivity (Wildman–Crippen MR) is 70.1 cm³/mol. The molecule has 1 rings (SSSR count). The van der Waals surface area contributed by atoms with Crippen LogP contribution in [0, 0.1) is 0 Å². The van der Waals surface area contributed by atoms with Crippen molar-refractivity contribution in [3.05, 3.63) is 35.9 Å². The number of esters is 1. The third kappa shape index (κ3) is 5.29. The summed E-state index contributed by atoms with van der Waals surface area (Å²) in [6.07, 6.45) is 2.12. The van der Waals surface area contributed by atoms with Gasteiger partial charge in [0.25, 0.3) is 0 Å². The molecule has 0 saturated heterocycles. The molecule has 0 aliphatic heterocycles. The highest BCUT2D eigenvalue weighted by Crippen LogP contribution is 2.10.